The van der Waals surface area contributed by atoms with Crippen LogP contribution in [0.2, 0.25) is 5.02 Å². The minimum Gasteiger partial charge on any atom is -0.349 e. The van der Waals surface area contributed by atoms with Crippen molar-refractivity contribution in [1.82, 2.24) is 15.5 Å². The number of hydrogen-bond donors (Lipinski definition) is 2. The third-order valence-electron chi connectivity index (χ3n) is 3.75. The Balaban J connectivity index is 2.07. The number of benzene rings is 1. The lowest BCUT2D eigenvalue weighted by Gasteiger charge is -2.33. The molecular formula is C16H22ClN3O2. The summed E-state index contributed by atoms with van der Waals surface area (Å²) in [4.78, 5) is 25.8. The lowest BCUT2D eigenvalue weighted by atomic mass is 10.0. The molecule has 0 saturated carbocycles. The van der Waals surface area contributed by atoms with E-state index in [4.69, 9.17) is 11.6 Å². The molecule has 1 heterocycles. The molecule has 120 valence electrons. The summed E-state index contributed by atoms with van der Waals surface area (Å²) in [6, 6.07) is 7.19. The number of nitrogens with zero attached hydrogens (tertiary/aromatic N) is 1. The van der Waals surface area contributed by atoms with Gasteiger partial charge in [0.2, 0.25) is 11.8 Å². The minimum atomic E-state index is -0.326. The minimum absolute atomic E-state index is 0.0575. The average Bonchev–Trinajstić information content (AvgIpc) is 2.47. The van der Waals surface area contributed by atoms with Gasteiger partial charge in [0.25, 0.3) is 0 Å². The highest BCUT2D eigenvalue weighted by atomic mass is 35.5. The molecule has 2 rings (SSSR count). The number of piperazine rings is 1. The molecule has 2 atom stereocenters. The van der Waals surface area contributed by atoms with Crippen molar-refractivity contribution in [3.63, 3.8) is 0 Å². The van der Waals surface area contributed by atoms with Gasteiger partial charge in [-0.2, -0.15) is 0 Å². The van der Waals surface area contributed by atoms with Gasteiger partial charge >= 0.3 is 0 Å². The second-order valence-corrected chi connectivity index (χ2v) is 6.14. The summed E-state index contributed by atoms with van der Waals surface area (Å²) in [6.07, 6.45) is 0.258. The molecule has 22 heavy (non-hydrogen) atoms. The lowest BCUT2D eigenvalue weighted by Crippen LogP contribution is -2.51. The van der Waals surface area contributed by atoms with Gasteiger partial charge in [-0.05, 0) is 24.6 Å². The van der Waals surface area contributed by atoms with Crippen molar-refractivity contribution >= 4 is 23.4 Å². The van der Waals surface area contributed by atoms with E-state index in [0.29, 0.717) is 24.2 Å². The SMILES string of the molecule is CC(=O)NC(CC(=O)N1CCNC(C)C1)c1ccc(Cl)cc1. The van der Waals surface area contributed by atoms with Gasteiger partial charge in [-0.1, -0.05) is 23.7 Å². The van der Waals surface area contributed by atoms with E-state index in [0.717, 1.165) is 12.1 Å². The summed E-state index contributed by atoms with van der Waals surface area (Å²) in [5.74, 6) is -0.0940. The third kappa shape index (κ3) is 4.71. The molecule has 1 saturated heterocycles. The zero-order valence-corrected chi connectivity index (χ0v) is 13.7. The van der Waals surface area contributed by atoms with Gasteiger partial charge in [0.15, 0.2) is 0 Å². The second kappa shape index (κ2) is 7.61. The fourth-order valence-electron chi connectivity index (χ4n) is 2.66. The van der Waals surface area contributed by atoms with E-state index in [1.807, 2.05) is 17.0 Å². The van der Waals surface area contributed by atoms with Crippen molar-refractivity contribution in [2.24, 2.45) is 0 Å². The van der Waals surface area contributed by atoms with E-state index in [1.165, 1.54) is 6.92 Å². The summed E-state index contributed by atoms with van der Waals surface area (Å²) >= 11 is 5.90. The zero-order chi connectivity index (χ0) is 16.1. The number of hydrogen-bond acceptors (Lipinski definition) is 3. The fraction of sp³-hybridized carbons (Fsp3) is 0.500. The molecule has 1 aromatic rings. The Hall–Kier alpha value is -1.59. The van der Waals surface area contributed by atoms with Crippen molar-refractivity contribution in [1.29, 1.82) is 0 Å². The highest BCUT2D eigenvalue weighted by molar-refractivity contribution is 6.30. The van der Waals surface area contributed by atoms with Crippen LogP contribution in [-0.4, -0.2) is 42.4 Å². The van der Waals surface area contributed by atoms with Crippen LogP contribution in [0.15, 0.2) is 24.3 Å². The first-order valence-corrected chi connectivity index (χ1v) is 7.87. The number of rotatable bonds is 4. The Morgan fingerprint density at radius 3 is 2.68 bits per heavy atom. The van der Waals surface area contributed by atoms with Crippen LogP contribution in [0.25, 0.3) is 0 Å². The van der Waals surface area contributed by atoms with E-state index < -0.39 is 0 Å². The number of carbonyl (C=O) groups excluding carboxylic acids is 2. The largest absolute Gasteiger partial charge is 0.349 e. The topological polar surface area (TPSA) is 61.4 Å². The summed E-state index contributed by atoms with van der Waals surface area (Å²) in [6.45, 7) is 5.73. The van der Waals surface area contributed by atoms with E-state index in [9.17, 15) is 9.59 Å². The quantitative estimate of drug-likeness (QED) is 0.887. The van der Waals surface area contributed by atoms with Gasteiger partial charge in [-0.15, -0.1) is 0 Å². The molecule has 6 heteroatoms. The van der Waals surface area contributed by atoms with Crippen LogP contribution in [-0.2, 0) is 9.59 Å². The van der Waals surface area contributed by atoms with E-state index >= 15 is 0 Å². The number of halogens is 1. The zero-order valence-electron chi connectivity index (χ0n) is 12.9. The van der Waals surface area contributed by atoms with Gasteiger partial charge in [-0.3, -0.25) is 9.59 Å². The van der Waals surface area contributed by atoms with Crippen LogP contribution in [0.5, 0.6) is 0 Å². The molecule has 0 aromatic heterocycles. The normalized spacial score (nSPS) is 19.6. The van der Waals surface area contributed by atoms with E-state index in [-0.39, 0.29) is 24.3 Å². The molecule has 1 fully saturated rings. The summed E-state index contributed by atoms with van der Waals surface area (Å²) in [7, 11) is 0. The Labute approximate surface area is 136 Å². The summed E-state index contributed by atoms with van der Waals surface area (Å²) in [5, 5.41) is 6.80. The first-order chi connectivity index (χ1) is 10.5. The van der Waals surface area contributed by atoms with E-state index in [1.54, 1.807) is 12.1 Å². The average molecular weight is 324 g/mol. The molecule has 0 spiro atoms. The first kappa shape index (κ1) is 16.8. The molecule has 0 radical (unpaired) electrons. The fourth-order valence-corrected chi connectivity index (χ4v) is 2.78. The molecule has 1 aliphatic heterocycles. The molecule has 5 nitrogen and oxygen atoms in total. The van der Waals surface area contributed by atoms with Crippen molar-refractivity contribution in [3.8, 4) is 0 Å². The molecule has 1 aliphatic rings. The maximum atomic E-state index is 12.5. The molecule has 0 aliphatic carbocycles. The monoisotopic (exact) mass is 323 g/mol. The summed E-state index contributed by atoms with van der Waals surface area (Å²) < 4.78 is 0. The van der Waals surface area contributed by atoms with Gasteiger partial charge in [0, 0.05) is 37.6 Å². The molecule has 1 aromatic carbocycles. The molecule has 2 N–H and O–H groups in total. The van der Waals surface area contributed by atoms with E-state index in [2.05, 4.69) is 17.6 Å². The van der Waals surface area contributed by atoms with Crippen LogP contribution in [0, 0.1) is 0 Å². The maximum Gasteiger partial charge on any atom is 0.225 e. The van der Waals surface area contributed by atoms with Crippen LogP contribution in [0.3, 0.4) is 0 Å². The number of carbonyl (C=O) groups is 2. The predicted octanol–water partition coefficient (Wildman–Crippen LogP) is 1.73. The number of nitrogens with one attached hydrogen (secondary N) is 2. The highest BCUT2D eigenvalue weighted by Crippen LogP contribution is 2.21. The predicted molar refractivity (Wildman–Crippen MR) is 86.7 cm³/mol. The van der Waals surface area contributed by atoms with Crippen molar-refractivity contribution in [3.05, 3.63) is 34.9 Å². The summed E-state index contributed by atoms with van der Waals surface area (Å²) in [5.41, 5.74) is 0.885. The standard InChI is InChI=1S/C16H22ClN3O2/c1-11-10-20(8-7-18-11)16(22)9-15(19-12(2)21)13-3-5-14(17)6-4-13/h3-6,11,15,18H,7-10H2,1-2H3,(H,19,21). The molecule has 2 amide bonds. The molecular weight excluding hydrogens is 302 g/mol. The number of amides is 2. The smallest absolute Gasteiger partial charge is 0.225 e. The second-order valence-electron chi connectivity index (χ2n) is 5.70. The Morgan fingerprint density at radius 2 is 2.09 bits per heavy atom. The van der Waals surface area contributed by atoms with Crippen LogP contribution in [0.4, 0.5) is 0 Å². The first-order valence-electron chi connectivity index (χ1n) is 7.49. The van der Waals surface area contributed by atoms with Gasteiger partial charge < -0.3 is 15.5 Å². The highest BCUT2D eigenvalue weighted by Gasteiger charge is 2.24. The maximum absolute atomic E-state index is 12.5. The van der Waals surface area contributed by atoms with Gasteiger partial charge in [0.05, 0.1) is 12.5 Å². The third-order valence-corrected chi connectivity index (χ3v) is 4.00. The van der Waals surface area contributed by atoms with Crippen LogP contribution < -0.4 is 10.6 Å². The van der Waals surface area contributed by atoms with Crippen molar-refractivity contribution < 1.29 is 9.59 Å². The van der Waals surface area contributed by atoms with Crippen LogP contribution >= 0.6 is 11.6 Å². The molecule has 0 bridgehead atoms. The van der Waals surface area contributed by atoms with Crippen LogP contribution in [0.1, 0.15) is 31.9 Å². The van der Waals surface area contributed by atoms with Crippen molar-refractivity contribution in [2.75, 3.05) is 19.6 Å². The Bertz CT molecular complexity index is 533. The van der Waals surface area contributed by atoms with Crippen molar-refractivity contribution in [2.45, 2.75) is 32.4 Å². The Kier molecular flexibility index (Phi) is 5.80. The molecule has 2 unspecified atom stereocenters. The lowest BCUT2D eigenvalue weighted by molar-refractivity contribution is -0.133. The van der Waals surface area contributed by atoms with Gasteiger partial charge in [-0.25, -0.2) is 0 Å². The van der Waals surface area contributed by atoms with Gasteiger partial charge in [0.1, 0.15) is 0 Å². The Morgan fingerprint density at radius 1 is 1.41 bits per heavy atom.